The van der Waals surface area contributed by atoms with Crippen LogP contribution in [-0.2, 0) is 11.3 Å². The number of methoxy groups -OCH3 is 1. The molecule has 0 bridgehead atoms. The molecule has 1 aromatic heterocycles. The van der Waals surface area contributed by atoms with Crippen molar-refractivity contribution in [2.24, 2.45) is 0 Å². The highest BCUT2D eigenvalue weighted by Gasteiger charge is 2.26. The fourth-order valence-electron chi connectivity index (χ4n) is 2.43. The Hall–Kier alpha value is -0.520. The number of hydrogen-bond donors (Lipinski definition) is 0. The van der Waals surface area contributed by atoms with Crippen LogP contribution in [0.15, 0.2) is 0 Å². The molecular weight excluding hydrogens is 234 g/mol. The normalized spacial score (nSPS) is 21.5. The molecule has 0 spiro atoms. The fraction of sp³-hybridized carbons (Fsp3) is 0.833. The van der Waals surface area contributed by atoms with Crippen molar-refractivity contribution in [3.63, 3.8) is 0 Å². The van der Waals surface area contributed by atoms with Crippen LogP contribution < -0.4 is 0 Å². The van der Waals surface area contributed by atoms with Crippen molar-refractivity contribution >= 4 is 11.5 Å². The Bertz CT molecular complexity index is 353. The van der Waals surface area contributed by atoms with E-state index in [0.717, 1.165) is 18.8 Å². The Balaban J connectivity index is 2.02. The van der Waals surface area contributed by atoms with Crippen molar-refractivity contribution in [3.8, 4) is 0 Å². The molecule has 1 aliphatic heterocycles. The molecule has 96 valence electrons. The van der Waals surface area contributed by atoms with Crippen LogP contribution in [0.25, 0.3) is 0 Å². The predicted octanol–water partition coefficient (Wildman–Crippen LogP) is 2.27. The summed E-state index contributed by atoms with van der Waals surface area (Å²) in [5, 5.41) is 4.24. The van der Waals surface area contributed by atoms with Crippen LogP contribution in [0.2, 0.25) is 0 Å². The van der Waals surface area contributed by atoms with Crippen molar-refractivity contribution in [2.45, 2.75) is 45.2 Å². The van der Waals surface area contributed by atoms with Crippen LogP contribution in [0.5, 0.6) is 0 Å². The number of aromatic nitrogens is 2. The number of hydrogen-bond acceptors (Lipinski definition) is 5. The Morgan fingerprint density at radius 3 is 3.06 bits per heavy atom. The number of likely N-dealkylation sites (tertiary alicyclic amines) is 1. The molecule has 0 saturated carbocycles. The Morgan fingerprint density at radius 2 is 2.35 bits per heavy atom. The van der Waals surface area contributed by atoms with E-state index in [1.807, 2.05) is 0 Å². The SMILES string of the molecule is COC[C@@H]1CCCN1Cc1snnc1C(C)C. The van der Waals surface area contributed by atoms with E-state index >= 15 is 0 Å². The van der Waals surface area contributed by atoms with Crippen molar-refractivity contribution < 1.29 is 4.74 Å². The Labute approximate surface area is 107 Å². The number of ether oxygens (including phenoxy) is 1. The van der Waals surface area contributed by atoms with Gasteiger partial charge in [-0.25, -0.2) is 0 Å². The topological polar surface area (TPSA) is 38.2 Å². The molecule has 0 amide bonds. The van der Waals surface area contributed by atoms with Gasteiger partial charge in [-0.15, -0.1) is 5.10 Å². The highest BCUT2D eigenvalue weighted by Crippen LogP contribution is 2.25. The highest BCUT2D eigenvalue weighted by atomic mass is 32.1. The molecule has 5 heteroatoms. The van der Waals surface area contributed by atoms with Gasteiger partial charge in [-0.05, 0) is 36.8 Å². The quantitative estimate of drug-likeness (QED) is 0.809. The molecule has 1 aromatic rings. The minimum atomic E-state index is 0.465. The summed E-state index contributed by atoms with van der Waals surface area (Å²) in [5.41, 5.74) is 1.16. The van der Waals surface area contributed by atoms with Crippen LogP contribution in [0.4, 0.5) is 0 Å². The first kappa shape index (κ1) is 12.9. The van der Waals surface area contributed by atoms with E-state index in [2.05, 4.69) is 28.3 Å². The molecule has 1 fully saturated rings. The van der Waals surface area contributed by atoms with Gasteiger partial charge < -0.3 is 4.74 Å². The summed E-state index contributed by atoms with van der Waals surface area (Å²) >= 11 is 1.54. The molecule has 1 atom stereocenters. The molecule has 17 heavy (non-hydrogen) atoms. The van der Waals surface area contributed by atoms with Gasteiger partial charge in [-0.3, -0.25) is 4.90 Å². The lowest BCUT2D eigenvalue weighted by molar-refractivity contribution is 0.112. The predicted molar refractivity (Wildman–Crippen MR) is 69.3 cm³/mol. The fourth-order valence-corrected chi connectivity index (χ4v) is 3.25. The zero-order chi connectivity index (χ0) is 12.3. The van der Waals surface area contributed by atoms with Gasteiger partial charge in [0.25, 0.3) is 0 Å². The maximum absolute atomic E-state index is 5.28. The zero-order valence-electron chi connectivity index (χ0n) is 10.8. The molecule has 0 N–H and O–H groups in total. The molecule has 2 heterocycles. The van der Waals surface area contributed by atoms with E-state index in [1.165, 1.54) is 24.3 Å². The first-order chi connectivity index (χ1) is 8.22. The maximum atomic E-state index is 5.28. The van der Waals surface area contributed by atoms with Crippen LogP contribution in [0.3, 0.4) is 0 Å². The van der Waals surface area contributed by atoms with Gasteiger partial charge in [-0.2, -0.15) is 0 Å². The van der Waals surface area contributed by atoms with Crippen LogP contribution in [0.1, 0.15) is 43.2 Å². The van der Waals surface area contributed by atoms with Crippen molar-refractivity contribution in [2.75, 3.05) is 20.3 Å². The van der Waals surface area contributed by atoms with Gasteiger partial charge in [0.15, 0.2) is 0 Å². The maximum Gasteiger partial charge on any atom is 0.0826 e. The average molecular weight is 255 g/mol. The largest absolute Gasteiger partial charge is 0.383 e. The van der Waals surface area contributed by atoms with E-state index in [0.29, 0.717) is 12.0 Å². The Morgan fingerprint density at radius 1 is 1.53 bits per heavy atom. The molecule has 0 aromatic carbocycles. The standard InChI is InChI=1S/C12H21N3OS/c1-9(2)12-11(17-14-13-12)7-15-6-4-5-10(15)8-16-3/h9-10H,4-8H2,1-3H3/t10-/m0/s1. The van der Waals surface area contributed by atoms with Crippen LogP contribution in [0, 0.1) is 0 Å². The molecule has 0 unspecified atom stereocenters. The Kier molecular flexibility index (Phi) is 4.48. The highest BCUT2D eigenvalue weighted by molar-refractivity contribution is 7.05. The lowest BCUT2D eigenvalue weighted by atomic mass is 10.1. The van der Waals surface area contributed by atoms with E-state index in [1.54, 1.807) is 18.6 Å². The van der Waals surface area contributed by atoms with Crippen molar-refractivity contribution in [1.29, 1.82) is 0 Å². The monoisotopic (exact) mass is 255 g/mol. The summed E-state index contributed by atoms with van der Waals surface area (Å²) in [6.07, 6.45) is 2.52. The van der Waals surface area contributed by atoms with Crippen molar-refractivity contribution in [1.82, 2.24) is 14.5 Å². The summed E-state index contributed by atoms with van der Waals surface area (Å²) in [6, 6.07) is 0.571. The smallest absolute Gasteiger partial charge is 0.0826 e. The second kappa shape index (κ2) is 5.89. The second-order valence-electron chi connectivity index (χ2n) is 4.96. The first-order valence-electron chi connectivity index (χ1n) is 6.26. The van der Waals surface area contributed by atoms with E-state index in [9.17, 15) is 0 Å². The molecule has 1 aliphatic rings. The van der Waals surface area contributed by atoms with E-state index < -0.39 is 0 Å². The molecule has 0 radical (unpaired) electrons. The number of rotatable bonds is 5. The average Bonchev–Trinajstić information content (AvgIpc) is 2.89. The first-order valence-corrected chi connectivity index (χ1v) is 7.03. The van der Waals surface area contributed by atoms with Gasteiger partial charge in [0, 0.05) is 19.7 Å². The molecular formula is C12H21N3OS. The van der Waals surface area contributed by atoms with Gasteiger partial charge in [0.1, 0.15) is 0 Å². The van der Waals surface area contributed by atoms with Crippen LogP contribution in [-0.4, -0.2) is 40.8 Å². The molecule has 0 aliphatic carbocycles. The van der Waals surface area contributed by atoms with Gasteiger partial charge in [0.2, 0.25) is 0 Å². The third kappa shape index (κ3) is 3.03. The lowest BCUT2D eigenvalue weighted by Crippen LogP contribution is -2.32. The third-order valence-electron chi connectivity index (χ3n) is 3.34. The van der Waals surface area contributed by atoms with Crippen molar-refractivity contribution in [3.05, 3.63) is 10.6 Å². The van der Waals surface area contributed by atoms with Crippen LogP contribution >= 0.6 is 11.5 Å². The molecule has 2 rings (SSSR count). The summed E-state index contributed by atoms with van der Waals surface area (Å²) in [4.78, 5) is 3.83. The van der Waals surface area contributed by atoms with Gasteiger partial charge in [0.05, 0.1) is 17.2 Å². The minimum Gasteiger partial charge on any atom is -0.383 e. The van der Waals surface area contributed by atoms with E-state index in [4.69, 9.17) is 4.74 Å². The summed E-state index contributed by atoms with van der Waals surface area (Å²) in [7, 11) is 1.78. The molecule has 1 saturated heterocycles. The lowest BCUT2D eigenvalue weighted by Gasteiger charge is -2.23. The van der Waals surface area contributed by atoms with E-state index in [-0.39, 0.29) is 0 Å². The molecule has 4 nitrogen and oxygen atoms in total. The summed E-state index contributed by atoms with van der Waals surface area (Å²) in [5.74, 6) is 0.465. The minimum absolute atomic E-state index is 0.465. The number of nitrogens with zero attached hydrogens (tertiary/aromatic N) is 3. The summed E-state index contributed by atoms with van der Waals surface area (Å²) < 4.78 is 9.37. The third-order valence-corrected chi connectivity index (χ3v) is 4.06. The second-order valence-corrected chi connectivity index (χ2v) is 5.80. The summed E-state index contributed by atoms with van der Waals surface area (Å²) in [6.45, 7) is 7.35. The zero-order valence-corrected chi connectivity index (χ0v) is 11.7. The van der Waals surface area contributed by atoms with Gasteiger partial charge >= 0.3 is 0 Å². The van der Waals surface area contributed by atoms with Gasteiger partial charge in [-0.1, -0.05) is 18.3 Å².